The van der Waals surface area contributed by atoms with Gasteiger partial charge in [0.1, 0.15) is 5.82 Å². The summed E-state index contributed by atoms with van der Waals surface area (Å²) in [6.45, 7) is 8.31. The molecule has 1 aromatic carbocycles. The van der Waals surface area contributed by atoms with Crippen LogP contribution in [0.1, 0.15) is 52.1 Å². The molecule has 3 aromatic rings. The van der Waals surface area contributed by atoms with E-state index < -0.39 is 5.92 Å². The van der Waals surface area contributed by atoms with Crippen LogP contribution in [0.25, 0.3) is 11.0 Å². The number of rotatable bonds is 4. The van der Waals surface area contributed by atoms with Crippen molar-refractivity contribution >= 4 is 45.0 Å². The zero-order chi connectivity index (χ0) is 24.9. The summed E-state index contributed by atoms with van der Waals surface area (Å²) in [5.74, 6) is -0.430. The molecule has 1 aliphatic heterocycles. The molecule has 1 unspecified atom stereocenters. The number of carbonyl (C=O) groups is 1. The van der Waals surface area contributed by atoms with Gasteiger partial charge in [-0.1, -0.05) is 62.9 Å². The van der Waals surface area contributed by atoms with Gasteiger partial charge in [0.25, 0.3) is 0 Å². The molecule has 10 heteroatoms. The van der Waals surface area contributed by atoms with Gasteiger partial charge in [-0.25, -0.2) is 4.98 Å². The number of allylic oxidation sites excluding steroid dienone is 3. The van der Waals surface area contributed by atoms with E-state index in [1.807, 2.05) is 24.3 Å². The number of anilines is 1. The van der Waals surface area contributed by atoms with Gasteiger partial charge in [-0.2, -0.15) is 5.26 Å². The average molecular weight is 504 g/mol. The Bertz CT molecular complexity index is 1450. The first-order valence-electron chi connectivity index (χ1n) is 11.4. The number of thioether (sulfide) groups is 1. The lowest BCUT2D eigenvalue weighted by molar-refractivity contribution is -0.118. The molecule has 5 rings (SSSR count). The molecule has 2 aliphatic rings. The van der Waals surface area contributed by atoms with Crippen molar-refractivity contribution in [3.05, 3.63) is 58.8 Å². The molecule has 0 bridgehead atoms. The van der Waals surface area contributed by atoms with Crippen molar-refractivity contribution < 1.29 is 4.79 Å². The lowest BCUT2D eigenvalue weighted by Crippen LogP contribution is -2.42. The summed E-state index contributed by atoms with van der Waals surface area (Å²) in [6.07, 6.45) is 2.63. The van der Waals surface area contributed by atoms with E-state index >= 15 is 0 Å². The fourth-order valence-corrected chi connectivity index (χ4v) is 6.78. The monoisotopic (exact) mass is 503 g/mol. The van der Waals surface area contributed by atoms with Crippen LogP contribution in [-0.4, -0.2) is 31.2 Å². The molecule has 0 saturated carbocycles. The van der Waals surface area contributed by atoms with Crippen LogP contribution in [0.4, 0.5) is 5.13 Å². The van der Waals surface area contributed by atoms with E-state index in [4.69, 9.17) is 10.7 Å². The first-order chi connectivity index (χ1) is 16.7. The number of nitrogens with two attached hydrogens (primary N) is 1. The molecule has 2 aromatic heterocycles. The smallest absolute Gasteiger partial charge is 0.219 e. The molecular formula is C25H25N7OS2. The third kappa shape index (κ3) is 4.19. The summed E-state index contributed by atoms with van der Waals surface area (Å²) in [7, 11) is 0. The number of ketones is 1. The van der Waals surface area contributed by atoms with Crippen LogP contribution < -0.4 is 10.6 Å². The molecule has 1 aliphatic carbocycles. The molecule has 3 heterocycles. The number of Topliss-reactive ketones (excluding diaryl/α,β-unsaturated/α-hetero) is 1. The normalized spacial score (nSPS) is 19.9. The maximum absolute atomic E-state index is 13.6. The molecule has 0 fully saturated rings. The Hall–Kier alpha value is -3.29. The minimum Gasteiger partial charge on any atom is -0.384 e. The number of hydrogen-bond donors (Lipinski definition) is 1. The topological polar surface area (TPSA) is 122 Å². The van der Waals surface area contributed by atoms with Crippen LogP contribution in [-0.2, 0) is 4.79 Å². The lowest BCUT2D eigenvalue weighted by atomic mass is 9.69. The van der Waals surface area contributed by atoms with Gasteiger partial charge < -0.3 is 5.73 Å². The van der Waals surface area contributed by atoms with Crippen molar-refractivity contribution in [1.82, 2.24) is 20.2 Å². The van der Waals surface area contributed by atoms with Crippen LogP contribution in [0.15, 0.2) is 57.5 Å². The summed E-state index contributed by atoms with van der Waals surface area (Å²) in [5, 5.41) is 19.9. The fraction of sp³-hybridized carbons (Fsp3) is 0.360. The fourth-order valence-electron chi connectivity index (χ4n) is 4.68. The van der Waals surface area contributed by atoms with Crippen molar-refractivity contribution in [3.63, 3.8) is 0 Å². The van der Waals surface area contributed by atoms with Crippen LogP contribution in [0.3, 0.4) is 0 Å². The van der Waals surface area contributed by atoms with E-state index in [2.05, 4.69) is 48.9 Å². The minimum absolute atomic E-state index is 0.0113. The van der Waals surface area contributed by atoms with Crippen molar-refractivity contribution in [3.8, 4) is 6.07 Å². The second-order valence-electron chi connectivity index (χ2n) is 9.78. The van der Waals surface area contributed by atoms with E-state index in [0.29, 0.717) is 40.0 Å². The number of fused-ring (bicyclic) bond motifs is 1. The van der Waals surface area contributed by atoms with Gasteiger partial charge in [-0.15, -0.1) is 10.2 Å². The van der Waals surface area contributed by atoms with E-state index in [-0.39, 0.29) is 22.6 Å². The van der Waals surface area contributed by atoms with E-state index in [1.54, 1.807) is 22.9 Å². The highest BCUT2D eigenvalue weighted by Crippen LogP contribution is 2.50. The molecule has 0 saturated heterocycles. The average Bonchev–Trinajstić information content (AvgIpc) is 3.24. The quantitative estimate of drug-likeness (QED) is 0.494. The molecule has 0 spiro atoms. The second kappa shape index (κ2) is 8.73. The molecule has 0 radical (unpaired) electrons. The van der Waals surface area contributed by atoms with Gasteiger partial charge in [0.2, 0.25) is 5.13 Å². The van der Waals surface area contributed by atoms with Crippen LogP contribution in [0.2, 0.25) is 0 Å². The Morgan fingerprint density at radius 2 is 1.97 bits per heavy atom. The summed E-state index contributed by atoms with van der Waals surface area (Å²) in [5.41, 5.74) is 9.99. The summed E-state index contributed by atoms with van der Waals surface area (Å²) >= 11 is 3.02. The van der Waals surface area contributed by atoms with Crippen molar-refractivity contribution in [2.75, 3.05) is 4.90 Å². The number of nitrogens with zero attached hydrogens (tertiary/aromatic N) is 6. The van der Waals surface area contributed by atoms with Crippen molar-refractivity contribution in [2.45, 2.75) is 56.0 Å². The molecule has 0 amide bonds. The largest absolute Gasteiger partial charge is 0.384 e. The van der Waals surface area contributed by atoms with E-state index in [1.165, 1.54) is 11.3 Å². The molecule has 1 atom stereocenters. The third-order valence-electron chi connectivity index (χ3n) is 6.07. The van der Waals surface area contributed by atoms with Gasteiger partial charge in [-0.05, 0) is 24.0 Å². The van der Waals surface area contributed by atoms with Crippen molar-refractivity contribution in [2.24, 2.45) is 11.1 Å². The van der Waals surface area contributed by atoms with Gasteiger partial charge in [-0.3, -0.25) is 14.7 Å². The number of nitriles is 1. The number of aromatic nitrogens is 4. The summed E-state index contributed by atoms with van der Waals surface area (Å²) < 4.78 is 0.812. The number of hydrogen-bond acceptors (Lipinski definition) is 10. The number of carbonyl (C=O) groups excluding carboxylic acids is 1. The Morgan fingerprint density at radius 3 is 2.69 bits per heavy atom. The van der Waals surface area contributed by atoms with Gasteiger partial charge in [0.05, 0.1) is 40.5 Å². The SMILES string of the molecule is CC(C)Sc1nnc(N2C(N)=C(C#N)C(c3cnc4ccccc4n3)C3=C2CC(C)(C)CC3=O)s1. The zero-order valence-corrected chi connectivity index (χ0v) is 21.6. The lowest BCUT2D eigenvalue weighted by Gasteiger charge is -2.42. The Labute approximate surface area is 212 Å². The Morgan fingerprint density at radius 1 is 1.23 bits per heavy atom. The van der Waals surface area contributed by atoms with Crippen molar-refractivity contribution in [1.29, 1.82) is 5.26 Å². The maximum Gasteiger partial charge on any atom is 0.219 e. The maximum atomic E-state index is 13.6. The first-order valence-corrected chi connectivity index (χ1v) is 13.1. The molecule has 2 N–H and O–H groups in total. The van der Waals surface area contributed by atoms with Crippen LogP contribution in [0, 0.1) is 16.7 Å². The minimum atomic E-state index is -0.676. The number of para-hydroxylation sites is 2. The Balaban J connectivity index is 1.72. The third-order valence-corrected chi connectivity index (χ3v) is 8.06. The number of benzene rings is 1. The van der Waals surface area contributed by atoms with Gasteiger partial charge in [0, 0.05) is 22.9 Å². The van der Waals surface area contributed by atoms with Crippen LogP contribution in [0.5, 0.6) is 0 Å². The highest BCUT2D eigenvalue weighted by molar-refractivity contribution is 8.01. The van der Waals surface area contributed by atoms with E-state index in [9.17, 15) is 10.1 Å². The molecular weight excluding hydrogens is 478 g/mol. The molecule has 178 valence electrons. The highest BCUT2D eigenvalue weighted by atomic mass is 32.2. The zero-order valence-electron chi connectivity index (χ0n) is 19.9. The Kier molecular flexibility index (Phi) is 5.85. The molecule has 8 nitrogen and oxygen atoms in total. The predicted octanol–water partition coefficient (Wildman–Crippen LogP) is 4.92. The molecule has 35 heavy (non-hydrogen) atoms. The summed E-state index contributed by atoms with van der Waals surface area (Å²) in [6, 6.07) is 9.81. The second-order valence-corrected chi connectivity index (χ2v) is 12.6. The van der Waals surface area contributed by atoms with E-state index in [0.717, 1.165) is 15.6 Å². The highest BCUT2D eigenvalue weighted by Gasteiger charge is 2.46. The summed E-state index contributed by atoms with van der Waals surface area (Å²) in [4.78, 5) is 24.7. The van der Waals surface area contributed by atoms with Crippen LogP contribution >= 0.6 is 23.1 Å². The standard InChI is InChI=1S/C25H25N7OS2/c1-13(2)34-24-31-30-23(35-24)32-18-9-25(3,4)10-19(33)21(18)20(14(11-26)22(32)27)17-12-28-15-7-5-6-8-16(15)29-17/h5-8,12-13,20H,9-10,27H2,1-4H3. The van der Waals surface area contributed by atoms with Gasteiger partial charge in [0.15, 0.2) is 10.1 Å². The first kappa shape index (κ1) is 23.5. The predicted molar refractivity (Wildman–Crippen MR) is 138 cm³/mol. The van der Waals surface area contributed by atoms with Gasteiger partial charge >= 0.3 is 0 Å².